The molecule has 0 radical (unpaired) electrons. The minimum absolute atomic E-state index is 0.0149. The van der Waals surface area contributed by atoms with Crippen LogP contribution in [-0.2, 0) is 10.0 Å². The number of pyridine rings is 1. The van der Waals surface area contributed by atoms with Crippen molar-refractivity contribution in [1.29, 1.82) is 0 Å². The van der Waals surface area contributed by atoms with Gasteiger partial charge in [-0.1, -0.05) is 0 Å². The Hall–Kier alpha value is -1.70. The average Bonchev–Trinajstić information content (AvgIpc) is 2.38. The topological polar surface area (TPSA) is 96.5 Å². The number of nitrogens with two attached hydrogens (primary N) is 1. The van der Waals surface area contributed by atoms with Crippen LogP contribution < -0.4 is 5.73 Å². The first kappa shape index (κ1) is 14.7. The number of likely N-dealkylation sites (N-methyl/N-ethyl adjacent to an activating group) is 1. The van der Waals surface area contributed by atoms with Crippen LogP contribution in [0.15, 0.2) is 35.4 Å². The van der Waals surface area contributed by atoms with E-state index >= 15 is 0 Å². The van der Waals surface area contributed by atoms with Gasteiger partial charge in [0.05, 0.1) is 11.6 Å². The fourth-order valence-corrected chi connectivity index (χ4v) is 3.41. The highest BCUT2D eigenvalue weighted by Crippen LogP contribution is 2.27. The van der Waals surface area contributed by atoms with E-state index in [4.69, 9.17) is 5.73 Å². The van der Waals surface area contributed by atoms with E-state index in [-0.39, 0.29) is 11.4 Å². The summed E-state index contributed by atoms with van der Waals surface area (Å²) in [7, 11) is -2.30. The predicted molar refractivity (Wildman–Crippen MR) is 77.7 cm³/mol. The molecule has 0 saturated heterocycles. The lowest BCUT2D eigenvalue weighted by atomic mass is 10.2. The van der Waals surface area contributed by atoms with Crippen molar-refractivity contribution in [2.45, 2.75) is 17.9 Å². The Morgan fingerprint density at radius 2 is 2.10 bits per heavy atom. The molecule has 0 spiro atoms. The molecule has 2 rings (SSSR count). The lowest BCUT2D eigenvalue weighted by Gasteiger charge is -2.19. The standard InChI is InChI=1S/C13H17N3O3S/c1-9(17)8-16(2)20(18,19)12-6-5-11(14)10-4-3-7-15-13(10)12/h3-7,9,17H,8,14H2,1-2H3. The molecule has 0 aliphatic rings. The quantitative estimate of drug-likeness (QED) is 0.814. The SMILES string of the molecule is CC(O)CN(C)S(=O)(=O)c1ccc(N)c2cccnc12. The van der Waals surface area contributed by atoms with Gasteiger partial charge in [0.15, 0.2) is 0 Å². The molecule has 0 saturated carbocycles. The largest absolute Gasteiger partial charge is 0.398 e. The van der Waals surface area contributed by atoms with Crippen molar-refractivity contribution >= 4 is 26.6 Å². The van der Waals surface area contributed by atoms with Crippen molar-refractivity contribution in [3.05, 3.63) is 30.5 Å². The fraction of sp³-hybridized carbons (Fsp3) is 0.308. The van der Waals surface area contributed by atoms with Crippen LogP contribution in [0.3, 0.4) is 0 Å². The highest BCUT2D eigenvalue weighted by molar-refractivity contribution is 7.89. The second-order valence-electron chi connectivity index (χ2n) is 4.69. The molecule has 2 aromatic rings. The monoisotopic (exact) mass is 295 g/mol. The maximum atomic E-state index is 12.5. The zero-order valence-corrected chi connectivity index (χ0v) is 12.1. The molecule has 0 aliphatic heterocycles. The van der Waals surface area contributed by atoms with E-state index in [9.17, 15) is 13.5 Å². The Kier molecular flexibility index (Phi) is 3.94. The minimum atomic E-state index is -3.72. The number of aliphatic hydroxyl groups excluding tert-OH is 1. The maximum Gasteiger partial charge on any atom is 0.245 e. The van der Waals surface area contributed by atoms with Crippen LogP contribution in [0.1, 0.15) is 6.92 Å². The van der Waals surface area contributed by atoms with Gasteiger partial charge in [-0.2, -0.15) is 4.31 Å². The first-order chi connectivity index (χ1) is 9.34. The molecule has 0 fully saturated rings. The molecule has 1 aromatic carbocycles. The van der Waals surface area contributed by atoms with Gasteiger partial charge in [0, 0.05) is 30.9 Å². The summed E-state index contributed by atoms with van der Waals surface area (Å²) in [6.45, 7) is 1.55. The Labute approximate surface area is 117 Å². The van der Waals surface area contributed by atoms with Crippen molar-refractivity contribution in [3.8, 4) is 0 Å². The molecule has 1 heterocycles. The van der Waals surface area contributed by atoms with Gasteiger partial charge in [0.25, 0.3) is 0 Å². The average molecular weight is 295 g/mol. The number of sulfonamides is 1. The van der Waals surface area contributed by atoms with E-state index in [0.717, 1.165) is 4.31 Å². The fourth-order valence-electron chi connectivity index (χ4n) is 2.02. The van der Waals surface area contributed by atoms with E-state index in [2.05, 4.69) is 4.98 Å². The van der Waals surface area contributed by atoms with Crippen LogP contribution in [0.25, 0.3) is 10.9 Å². The molecule has 3 N–H and O–H groups in total. The number of nitrogen functional groups attached to an aromatic ring is 1. The number of aliphatic hydroxyl groups is 1. The van der Waals surface area contributed by atoms with Crippen molar-refractivity contribution in [3.63, 3.8) is 0 Å². The molecule has 1 atom stereocenters. The molecule has 7 heteroatoms. The van der Waals surface area contributed by atoms with Crippen molar-refractivity contribution in [2.24, 2.45) is 0 Å². The van der Waals surface area contributed by atoms with E-state index < -0.39 is 16.1 Å². The van der Waals surface area contributed by atoms with Crippen LogP contribution >= 0.6 is 0 Å². The van der Waals surface area contributed by atoms with Crippen LogP contribution in [0.5, 0.6) is 0 Å². The summed E-state index contributed by atoms with van der Waals surface area (Å²) in [4.78, 5) is 4.21. The van der Waals surface area contributed by atoms with Crippen LogP contribution in [0, 0.1) is 0 Å². The Balaban J connectivity index is 2.61. The van der Waals surface area contributed by atoms with Gasteiger partial charge in [-0.25, -0.2) is 8.42 Å². The predicted octanol–water partition coefficient (Wildman–Crippen LogP) is 0.818. The number of fused-ring (bicyclic) bond motifs is 1. The van der Waals surface area contributed by atoms with Crippen LogP contribution in [0.4, 0.5) is 5.69 Å². The first-order valence-corrected chi connectivity index (χ1v) is 7.55. The zero-order valence-electron chi connectivity index (χ0n) is 11.3. The minimum Gasteiger partial charge on any atom is -0.398 e. The highest BCUT2D eigenvalue weighted by Gasteiger charge is 2.25. The number of nitrogens with zero attached hydrogens (tertiary/aromatic N) is 2. The summed E-state index contributed by atoms with van der Waals surface area (Å²) in [5, 5.41) is 9.94. The molecular formula is C13H17N3O3S. The molecular weight excluding hydrogens is 278 g/mol. The van der Waals surface area contributed by atoms with E-state index in [1.807, 2.05) is 0 Å². The molecule has 20 heavy (non-hydrogen) atoms. The maximum absolute atomic E-state index is 12.5. The normalized spacial score (nSPS) is 13.8. The Morgan fingerprint density at radius 1 is 1.40 bits per heavy atom. The molecule has 0 amide bonds. The van der Waals surface area contributed by atoms with Gasteiger partial charge in [-0.05, 0) is 31.2 Å². The van der Waals surface area contributed by atoms with Gasteiger partial charge < -0.3 is 10.8 Å². The number of hydrogen-bond acceptors (Lipinski definition) is 5. The number of anilines is 1. The second kappa shape index (κ2) is 5.35. The third-order valence-electron chi connectivity index (χ3n) is 2.98. The van der Waals surface area contributed by atoms with Crippen molar-refractivity contribution in [2.75, 3.05) is 19.3 Å². The summed E-state index contributed by atoms with van der Waals surface area (Å²) in [6.07, 6.45) is 0.776. The molecule has 108 valence electrons. The number of hydrogen-bond donors (Lipinski definition) is 2. The molecule has 0 bridgehead atoms. The summed E-state index contributed by atoms with van der Waals surface area (Å²) in [6, 6.07) is 6.42. The van der Waals surface area contributed by atoms with Gasteiger partial charge in [-0.15, -0.1) is 0 Å². The number of rotatable bonds is 4. The Morgan fingerprint density at radius 3 is 2.75 bits per heavy atom. The summed E-state index contributed by atoms with van der Waals surface area (Å²) in [5.41, 5.74) is 6.65. The third-order valence-corrected chi connectivity index (χ3v) is 4.83. The molecule has 1 unspecified atom stereocenters. The van der Waals surface area contributed by atoms with Crippen LogP contribution in [-0.4, -0.2) is 42.5 Å². The van der Waals surface area contributed by atoms with E-state index in [1.54, 1.807) is 18.2 Å². The summed E-state index contributed by atoms with van der Waals surface area (Å²) < 4.78 is 26.2. The van der Waals surface area contributed by atoms with Crippen LogP contribution in [0.2, 0.25) is 0 Å². The molecule has 0 aliphatic carbocycles. The number of aromatic nitrogens is 1. The van der Waals surface area contributed by atoms with E-state index in [0.29, 0.717) is 16.6 Å². The van der Waals surface area contributed by atoms with E-state index in [1.165, 1.54) is 26.2 Å². The smallest absolute Gasteiger partial charge is 0.245 e. The lowest BCUT2D eigenvalue weighted by Crippen LogP contribution is -2.33. The molecule has 6 nitrogen and oxygen atoms in total. The zero-order chi connectivity index (χ0) is 14.9. The first-order valence-electron chi connectivity index (χ1n) is 6.11. The van der Waals surface area contributed by atoms with Gasteiger partial charge in [-0.3, -0.25) is 4.98 Å². The van der Waals surface area contributed by atoms with Gasteiger partial charge >= 0.3 is 0 Å². The second-order valence-corrected chi connectivity index (χ2v) is 6.70. The molecule has 1 aromatic heterocycles. The lowest BCUT2D eigenvalue weighted by molar-refractivity contribution is 0.171. The Bertz CT molecular complexity index is 729. The van der Waals surface area contributed by atoms with Gasteiger partial charge in [0.2, 0.25) is 10.0 Å². The van der Waals surface area contributed by atoms with Crippen molar-refractivity contribution < 1.29 is 13.5 Å². The summed E-state index contributed by atoms with van der Waals surface area (Å²) >= 11 is 0. The third kappa shape index (κ3) is 2.60. The van der Waals surface area contributed by atoms with Crippen molar-refractivity contribution in [1.82, 2.24) is 9.29 Å². The van der Waals surface area contributed by atoms with Gasteiger partial charge in [0.1, 0.15) is 4.90 Å². The summed E-state index contributed by atoms with van der Waals surface area (Å²) in [5.74, 6) is 0. The highest BCUT2D eigenvalue weighted by atomic mass is 32.2. The number of benzene rings is 1.